The third kappa shape index (κ3) is 4.98. The van der Waals surface area contributed by atoms with E-state index in [-0.39, 0.29) is 29.4 Å². The Bertz CT molecular complexity index is 1350. The zero-order chi connectivity index (χ0) is 23.6. The van der Waals surface area contributed by atoms with Crippen molar-refractivity contribution in [3.63, 3.8) is 0 Å². The van der Waals surface area contributed by atoms with Crippen molar-refractivity contribution in [2.24, 2.45) is 0 Å². The molecule has 1 aliphatic rings. The van der Waals surface area contributed by atoms with Crippen LogP contribution in [0.2, 0.25) is 5.02 Å². The average Bonchev–Trinajstić information content (AvgIpc) is 2.80. The highest BCUT2D eigenvalue weighted by atomic mass is 35.5. The third-order valence-electron chi connectivity index (χ3n) is 5.09. The molecule has 172 valence electrons. The van der Waals surface area contributed by atoms with Crippen LogP contribution in [0.3, 0.4) is 0 Å². The van der Waals surface area contributed by atoms with Gasteiger partial charge >= 0.3 is 0 Å². The molecule has 1 saturated heterocycles. The number of benzene rings is 2. The van der Waals surface area contributed by atoms with Gasteiger partial charge in [-0.25, -0.2) is 13.1 Å². The second kappa shape index (κ2) is 9.44. The first-order chi connectivity index (χ1) is 15.8. The SMILES string of the molecule is Cc1cc(=O)c(C(=O)Nc2cccc(S(=O)(=O)N3CCOCC3)c2)nn1-c1ccc(Cl)cc1. The van der Waals surface area contributed by atoms with Crippen molar-refractivity contribution in [1.29, 1.82) is 0 Å². The summed E-state index contributed by atoms with van der Waals surface area (Å²) >= 11 is 5.93. The van der Waals surface area contributed by atoms with Gasteiger partial charge in [0, 0.05) is 35.6 Å². The number of morpholine rings is 1. The average molecular weight is 489 g/mol. The van der Waals surface area contributed by atoms with Crippen molar-refractivity contribution in [3.05, 3.63) is 81.2 Å². The maximum atomic E-state index is 12.9. The number of nitrogens with one attached hydrogen (secondary N) is 1. The van der Waals surface area contributed by atoms with Gasteiger partial charge in [-0.3, -0.25) is 9.59 Å². The Labute approximate surface area is 195 Å². The van der Waals surface area contributed by atoms with Crippen LogP contribution in [0.25, 0.3) is 5.69 Å². The minimum Gasteiger partial charge on any atom is -0.379 e. The normalized spacial score (nSPS) is 14.7. The molecule has 0 spiro atoms. The second-order valence-electron chi connectivity index (χ2n) is 7.39. The molecule has 1 amide bonds. The summed E-state index contributed by atoms with van der Waals surface area (Å²) in [5, 5.41) is 7.34. The molecule has 1 aromatic heterocycles. The van der Waals surface area contributed by atoms with Gasteiger partial charge in [0.2, 0.25) is 15.5 Å². The smallest absolute Gasteiger partial charge is 0.280 e. The Balaban J connectivity index is 1.61. The predicted molar refractivity (Wildman–Crippen MR) is 124 cm³/mol. The lowest BCUT2D eigenvalue weighted by atomic mass is 10.2. The van der Waals surface area contributed by atoms with E-state index < -0.39 is 21.4 Å². The molecule has 2 heterocycles. The van der Waals surface area contributed by atoms with Crippen LogP contribution in [-0.4, -0.2) is 54.7 Å². The number of nitrogens with zero attached hydrogens (tertiary/aromatic N) is 3. The number of rotatable bonds is 5. The fourth-order valence-corrected chi connectivity index (χ4v) is 4.99. The van der Waals surface area contributed by atoms with Gasteiger partial charge in [-0.1, -0.05) is 17.7 Å². The number of hydrogen-bond donors (Lipinski definition) is 1. The molecule has 1 N–H and O–H groups in total. The van der Waals surface area contributed by atoms with Crippen LogP contribution in [0, 0.1) is 6.92 Å². The van der Waals surface area contributed by atoms with Crippen LogP contribution in [0.15, 0.2) is 64.3 Å². The van der Waals surface area contributed by atoms with Gasteiger partial charge in [-0.05, 0) is 49.4 Å². The molecular weight excluding hydrogens is 468 g/mol. The highest BCUT2D eigenvalue weighted by molar-refractivity contribution is 7.89. The van der Waals surface area contributed by atoms with Gasteiger partial charge in [0.25, 0.3) is 5.91 Å². The summed E-state index contributed by atoms with van der Waals surface area (Å²) in [6, 6.07) is 14.0. The van der Waals surface area contributed by atoms with Gasteiger partial charge in [0.05, 0.1) is 23.8 Å². The molecule has 0 radical (unpaired) electrons. The summed E-state index contributed by atoms with van der Waals surface area (Å²) in [7, 11) is -3.74. The van der Waals surface area contributed by atoms with Crippen LogP contribution in [-0.2, 0) is 14.8 Å². The molecule has 33 heavy (non-hydrogen) atoms. The Morgan fingerprint density at radius 1 is 1.09 bits per heavy atom. The van der Waals surface area contributed by atoms with E-state index in [0.29, 0.717) is 29.6 Å². The van der Waals surface area contributed by atoms with Gasteiger partial charge in [0.15, 0.2) is 5.69 Å². The molecule has 1 fully saturated rings. The van der Waals surface area contributed by atoms with Crippen molar-refractivity contribution in [2.45, 2.75) is 11.8 Å². The van der Waals surface area contributed by atoms with Crippen LogP contribution >= 0.6 is 11.6 Å². The number of aromatic nitrogens is 2. The van der Waals surface area contributed by atoms with Gasteiger partial charge in [-0.2, -0.15) is 9.40 Å². The molecule has 0 aliphatic carbocycles. The summed E-state index contributed by atoms with van der Waals surface area (Å²) in [4.78, 5) is 25.4. The molecular formula is C22H21ClN4O5S. The lowest BCUT2D eigenvalue weighted by Crippen LogP contribution is -2.40. The molecule has 9 nitrogen and oxygen atoms in total. The van der Waals surface area contributed by atoms with E-state index in [1.165, 1.54) is 33.3 Å². The molecule has 11 heteroatoms. The van der Waals surface area contributed by atoms with E-state index in [1.54, 1.807) is 37.3 Å². The molecule has 0 atom stereocenters. The molecule has 1 aliphatic heterocycles. The molecule has 0 unspecified atom stereocenters. The molecule has 4 rings (SSSR count). The Hall–Kier alpha value is -3.05. The van der Waals surface area contributed by atoms with Crippen molar-refractivity contribution in [2.75, 3.05) is 31.6 Å². The summed E-state index contributed by atoms with van der Waals surface area (Å²) in [6.07, 6.45) is 0. The third-order valence-corrected chi connectivity index (χ3v) is 7.24. The zero-order valence-electron chi connectivity index (χ0n) is 17.7. The summed E-state index contributed by atoms with van der Waals surface area (Å²) < 4.78 is 33.8. The standard InChI is InChI=1S/C22H21ClN4O5S/c1-15-13-20(28)21(25-27(15)18-7-5-16(23)6-8-18)22(29)24-17-3-2-4-19(14-17)33(30,31)26-9-11-32-12-10-26/h2-8,13-14H,9-12H2,1H3,(H,24,29). The quantitative estimate of drug-likeness (QED) is 0.590. The van der Waals surface area contributed by atoms with Crippen molar-refractivity contribution >= 4 is 33.2 Å². The molecule has 0 saturated carbocycles. The Morgan fingerprint density at radius 2 is 1.79 bits per heavy atom. The fourth-order valence-electron chi connectivity index (χ4n) is 3.41. The number of halogens is 1. The maximum Gasteiger partial charge on any atom is 0.280 e. The minimum atomic E-state index is -3.74. The van der Waals surface area contributed by atoms with Gasteiger partial charge in [0.1, 0.15) is 0 Å². The van der Waals surface area contributed by atoms with Crippen LogP contribution < -0.4 is 10.7 Å². The summed E-state index contributed by atoms with van der Waals surface area (Å²) in [5.74, 6) is -0.747. The van der Waals surface area contributed by atoms with Gasteiger partial charge < -0.3 is 10.1 Å². The van der Waals surface area contributed by atoms with E-state index in [9.17, 15) is 18.0 Å². The van der Waals surface area contributed by atoms with E-state index >= 15 is 0 Å². The van der Waals surface area contributed by atoms with Crippen molar-refractivity contribution in [1.82, 2.24) is 14.1 Å². The van der Waals surface area contributed by atoms with E-state index in [1.807, 2.05) is 0 Å². The predicted octanol–water partition coefficient (Wildman–Crippen LogP) is 2.47. The molecule has 3 aromatic rings. The first-order valence-corrected chi connectivity index (χ1v) is 11.9. The number of anilines is 1. The molecule has 0 bridgehead atoms. The fraction of sp³-hybridized carbons (Fsp3) is 0.227. The largest absolute Gasteiger partial charge is 0.379 e. The van der Waals surface area contributed by atoms with E-state index in [0.717, 1.165) is 0 Å². The first-order valence-electron chi connectivity index (χ1n) is 10.1. The number of aryl methyl sites for hydroxylation is 1. The number of carbonyl (C=O) groups excluding carboxylic acids is 1. The summed E-state index contributed by atoms with van der Waals surface area (Å²) in [5.41, 5.74) is 0.528. The summed E-state index contributed by atoms with van der Waals surface area (Å²) in [6.45, 7) is 2.88. The topological polar surface area (TPSA) is 111 Å². The first kappa shape index (κ1) is 23.1. The Kier molecular flexibility index (Phi) is 6.61. The lowest BCUT2D eigenvalue weighted by molar-refractivity contribution is 0.0730. The number of hydrogen-bond acceptors (Lipinski definition) is 6. The number of sulfonamides is 1. The van der Waals surface area contributed by atoms with E-state index in [4.69, 9.17) is 16.3 Å². The van der Waals surface area contributed by atoms with Crippen LogP contribution in [0.5, 0.6) is 0 Å². The van der Waals surface area contributed by atoms with Crippen LogP contribution in [0.1, 0.15) is 16.2 Å². The Morgan fingerprint density at radius 3 is 2.48 bits per heavy atom. The van der Waals surface area contributed by atoms with Crippen molar-refractivity contribution < 1.29 is 17.9 Å². The highest BCUT2D eigenvalue weighted by Gasteiger charge is 2.26. The van der Waals surface area contributed by atoms with Crippen LogP contribution in [0.4, 0.5) is 5.69 Å². The molecule has 2 aromatic carbocycles. The number of amides is 1. The van der Waals surface area contributed by atoms with E-state index in [2.05, 4.69) is 10.4 Å². The van der Waals surface area contributed by atoms with Gasteiger partial charge in [-0.15, -0.1) is 0 Å². The number of ether oxygens (including phenoxy) is 1. The van der Waals surface area contributed by atoms with Crippen molar-refractivity contribution in [3.8, 4) is 5.69 Å². The second-order valence-corrected chi connectivity index (χ2v) is 9.76. The lowest BCUT2D eigenvalue weighted by Gasteiger charge is -2.26. The number of carbonyl (C=O) groups is 1. The highest BCUT2D eigenvalue weighted by Crippen LogP contribution is 2.21. The zero-order valence-corrected chi connectivity index (χ0v) is 19.3. The monoisotopic (exact) mass is 488 g/mol. The maximum absolute atomic E-state index is 12.9. The minimum absolute atomic E-state index is 0.0395.